The van der Waals surface area contributed by atoms with E-state index in [9.17, 15) is 0 Å². The number of hydrogen-bond acceptors (Lipinski definition) is 4. The zero-order valence-corrected chi connectivity index (χ0v) is 18.5. The van der Waals surface area contributed by atoms with Crippen LogP contribution in [0.3, 0.4) is 0 Å². The molecule has 1 fully saturated rings. The lowest BCUT2D eigenvalue weighted by Gasteiger charge is -2.34. The van der Waals surface area contributed by atoms with Gasteiger partial charge in [-0.05, 0) is 35.4 Å². The molecule has 3 rings (SSSR count). The van der Waals surface area contributed by atoms with Gasteiger partial charge in [-0.25, -0.2) is 0 Å². The van der Waals surface area contributed by atoms with Gasteiger partial charge in [0.05, 0.1) is 7.11 Å². The molecule has 0 bridgehead atoms. The van der Waals surface area contributed by atoms with Crippen molar-refractivity contribution < 1.29 is 4.74 Å². The Morgan fingerprint density at radius 2 is 1.53 bits per heavy atom. The van der Waals surface area contributed by atoms with Crippen LogP contribution in [-0.2, 0) is 19.6 Å². The van der Waals surface area contributed by atoms with Gasteiger partial charge in [-0.2, -0.15) is 0 Å². The zero-order valence-electron chi connectivity index (χ0n) is 18.5. The Hall–Kier alpha value is -2.57. The highest BCUT2D eigenvalue weighted by Gasteiger charge is 2.16. The summed E-state index contributed by atoms with van der Waals surface area (Å²) < 4.78 is 5.22. The van der Waals surface area contributed by atoms with Crippen LogP contribution in [0.25, 0.3) is 0 Å². The molecule has 0 radical (unpaired) electrons. The van der Waals surface area contributed by atoms with E-state index in [2.05, 4.69) is 68.7 Å². The van der Waals surface area contributed by atoms with Gasteiger partial charge < -0.3 is 20.3 Å². The lowest BCUT2D eigenvalue weighted by molar-refractivity contribution is 0.131. The molecule has 162 valence electrons. The number of nitrogens with zero attached hydrogens (tertiary/aromatic N) is 3. The second kappa shape index (κ2) is 11.6. The first kappa shape index (κ1) is 22.1. The number of piperazine rings is 1. The maximum absolute atomic E-state index is 5.22. The maximum Gasteiger partial charge on any atom is 0.191 e. The Morgan fingerprint density at radius 3 is 2.17 bits per heavy atom. The molecular weight excluding hydrogens is 374 g/mol. The third-order valence-corrected chi connectivity index (χ3v) is 5.71. The van der Waals surface area contributed by atoms with E-state index in [-0.39, 0.29) is 0 Å². The summed E-state index contributed by atoms with van der Waals surface area (Å²) in [4.78, 5) is 9.44. The average Bonchev–Trinajstić information content (AvgIpc) is 2.81. The molecule has 2 aromatic rings. The van der Waals surface area contributed by atoms with Crippen molar-refractivity contribution in [2.75, 3.05) is 46.9 Å². The first-order valence-electron chi connectivity index (χ1n) is 10.8. The van der Waals surface area contributed by atoms with E-state index >= 15 is 0 Å². The second-order valence-electron chi connectivity index (χ2n) is 7.61. The Kier molecular flexibility index (Phi) is 8.53. The highest BCUT2D eigenvalue weighted by molar-refractivity contribution is 5.79. The summed E-state index contributed by atoms with van der Waals surface area (Å²) in [7, 11) is 3.49. The fourth-order valence-corrected chi connectivity index (χ4v) is 3.72. The van der Waals surface area contributed by atoms with Crippen LogP contribution < -0.4 is 15.4 Å². The fourth-order valence-electron chi connectivity index (χ4n) is 3.72. The van der Waals surface area contributed by atoms with Crippen molar-refractivity contribution in [1.82, 2.24) is 20.4 Å². The quantitative estimate of drug-likeness (QED) is 0.519. The van der Waals surface area contributed by atoms with Gasteiger partial charge in [0, 0.05) is 52.9 Å². The fraction of sp³-hybridized carbons (Fsp3) is 0.458. The maximum atomic E-state index is 5.22. The third kappa shape index (κ3) is 6.47. The normalized spacial score (nSPS) is 15.8. The number of ether oxygens (including phenoxy) is 1. The van der Waals surface area contributed by atoms with Gasteiger partial charge in [0.1, 0.15) is 5.75 Å². The van der Waals surface area contributed by atoms with E-state index < -0.39 is 0 Å². The lowest BCUT2D eigenvalue weighted by Crippen LogP contribution is -2.45. The van der Waals surface area contributed by atoms with Crippen molar-refractivity contribution in [3.63, 3.8) is 0 Å². The number of methoxy groups -OCH3 is 1. The van der Waals surface area contributed by atoms with E-state index in [0.717, 1.165) is 44.4 Å². The van der Waals surface area contributed by atoms with E-state index in [4.69, 9.17) is 4.74 Å². The zero-order chi connectivity index (χ0) is 21.2. The van der Waals surface area contributed by atoms with Gasteiger partial charge in [0.2, 0.25) is 0 Å². The molecule has 0 atom stereocenters. The Labute approximate surface area is 180 Å². The molecule has 2 N–H and O–H groups in total. The summed E-state index contributed by atoms with van der Waals surface area (Å²) in [5, 5.41) is 6.85. The van der Waals surface area contributed by atoms with Crippen LogP contribution in [0.2, 0.25) is 0 Å². The van der Waals surface area contributed by atoms with E-state index in [1.54, 1.807) is 7.11 Å². The summed E-state index contributed by atoms with van der Waals surface area (Å²) >= 11 is 0. The van der Waals surface area contributed by atoms with Gasteiger partial charge in [-0.3, -0.25) is 9.89 Å². The molecule has 0 unspecified atom stereocenters. The van der Waals surface area contributed by atoms with Crippen LogP contribution in [0.15, 0.2) is 53.5 Å². The van der Waals surface area contributed by atoms with Crippen LogP contribution in [-0.4, -0.2) is 62.6 Å². The number of rotatable bonds is 8. The first-order chi connectivity index (χ1) is 14.7. The van der Waals surface area contributed by atoms with Gasteiger partial charge in [-0.15, -0.1) is 0 Å². The van der Waals surface area contributed by atoms with Crippen LogP contribution in [0.1, 0.15) is 23.6 Å². The van der Waals surface area contributed by atoms with E-state index in [1.165, 1.54) is 29.8 Å². The molecule has 0 aromatic heterocycles. The summed E-state index contributed by atoms with van der Waals surface area (Å²) in [6.45, 7) is 10.5. The molecule has 6 heteroatoms. The number of benzene rings is 2. The molecule has 1 aliphatic rings. The predicted molar refractivity (Wildman–Crippen MR) is 124 cm³/mol. The minimum atomic E-state index is 0.715. The highest BCUT2D eigenvalue weighted by Crippen LogP contribution is 2.14. The van der Waals surface area contributed by atoms with Crippen LogP contribution in [0.5, 0.6) is 5.75 Å². The van der Waals surface area contributed by atoms with Crippen molar-refractivity contribution in [3.05, 3.63) is 65.2 Å². The molecule has 0 aliphatic carbocycles. The first-order valence-corrected chi connectivity index (χ1v) is 10.8. The summed E-state index contributed by atoms with van der Waals surface area (Å²) in [6, 6.07) is 16.8. The van der Waals surface area contributed by atoms with Gasteiger partial charge in [0.25, 0.3) is 0 Å². The van der Waals surface area contributed by atoms with Crippen LogP contribution >= 0.6 is 0 Å². The second-order valence-corrected chi connectivity index (χ2v) is 7.61. The molecular formula is C24H35N5O. The van der Waals surface area contributed by atoms with Gasteiger partial charge in [-0.1, -0.05) is 43.3 Å². The van der Waals surface area contributed by atoms with E-state index in [0.29, 0.717) is 6.54 Å². The van der Waals surface area contributed by atoms with Gasteiger partial charge in [0.15, 0.2) is 5.96 Å². The highest BCUT2D eigenvalue weighted by atomic mass is 16.5. The van der Waals surface area contributed by atoms with Crippen molar-refractivity contribution in [1.29, 1.82) is 0 Å². The van der Waals surface area contributed by atoms with Crippen molar-refractivity contribution >= 4 is 5.96 Å². The average molecular weight is 410 g/mol. The Bertz CT molecular complexity index is 797. The summed E-state index contributed by atoms with van der Waals surface area (Å²) in [5.74, 6) is 1.67. The Balaban J connectivity index is 1.51. The number of likely N-dealkylation sites (N-methyl/N-ethyl adjacent to an activating group) is 1. The number of aliphatic imine (C=N–C) groups is 1. The number of guanidine groups is 1. The topological polar surface area (TPSA) is 52.1 Å². The smallest absolute Gasteiger partial charge is 0.191 e. The van der Waals surface area contributed by atoms with Gasteiger partial charge >= 0.3 is 0 Å². The predicted octanol–water partition coefficient (Wildman–Crippen LogP) is 2.70. The molecule has 0 saturated carbocycles. The lowest BCUT2D eigenvalue weighted by atomic mass is 10.1. The molecule has 1 aliphatic heterocycles. The van der Waals surface area contributed by atoms with Crippen molar-refractivity contribution in [2.24, 2.45) is 4.99 Å². The van der Waals surface area contributed by atoms with Crippen molar-refractivity contribution in [3.8, 4) is 5.75 Å². The molecule has 1 heterocycles. The molecule has 30 heavy (non-hydrogen) atoms. The number of nitrogens with one attached hydrogen (secondary N) is 2. The largest absolute Gasteiger partial charge is 0.497 e. The Morgan fingerprint density at radius 1 is 0.900 bits per heavy atom. The minimum absolute atomic E-state index is 0.715. The van der Waals surface area contributed by atoms with Crippen LogP contribution in [0, 0.1) is 0 Å². The van der Waals surface area contributed by atoms with Crippen molar-refractivity contribution in [2.45, 2.75) is 26.6 Å². The summed E-state index contributed by atoms with van der Waals surface area (Å²) in [6.07, 6.45) is 0. The summed E-state index contributed by atoms with van der Waals surface area (Å²) in [5.41, 5.74) is 3.90. The third-order valence-electron chi connectivity index (χ3n) is 5.71. The monoisotopic (exact) mass is 409 g/mol. The molecule has 6 nitrogen and oxygen atoms in total. The van der Waals surface area contributed by atoms with E-state index in [1.807, 2.05) is 19.2 Å². The molecule has 1 saturated heterocycles. The molecule has 0 amide bonds. The SMILES string of the molecule is CCN1CCN(Cc2ccccc2CNC(=NC)NCc2ccc(OC)cc2)CC1. The molecule has 0 spiro atoms. The standard InChI is InChI=1S/C24H35N5O/c1-4-28-13-15-29(16-14-28)19-22-8-6-5-7-21(22)18-27-24(25-2)26-17-20-9-11-23(30-3)12-10-20/h5-12H,4,13-19H2,1-3H3,(H2,25,26,27). The molecule has 2 aromatic carbocycles. The van der Waals surface area contributed by atoms with Crippen LogP contribution in [0.4, 0.5) is 0 Å². The number of hydrogen-bond donors (Lipinski definition) is 2. The minimum Gasteiger partial charge on any atom is -0.497 e.